The number of H-pyrrole nitrogens is 1. The van der Waals surface area contributed by atoms with Crippen LogP contribution in [0.25, 0.3) is 5.65 Å². The number of nitriles is 1. The zero-order chi connectivity index (χ0) is 21.3. The molecule has 0 atom stereocenters. The minimum Gasteiger partial charge on any atom is -0.378 e. The molecule has 1 fully saturated rings. The van der Waals surface area contributed by atoms with Crippen LogP contribution in [0.2, 0.25) is 5.02 Å². The van der Waals surface area contributed by atoms with E-state index in [1.807, 2.05) is 6.07 Å². The summed E-state index contributed by atoms with van der Waals surface area (Å²) < 4.78 is 6.57. The Morgan fingerprint density at radius 3 is 2.90 bits per heavy atom. The summed E-state index contributed by atoms with van der Waals surface area (Å²) in [5.41, 5.74) is 2.08. The molecule has 1 aromatic carbocycles. The van der Waals surface area contributed by atoms with Gasteiger partial charge in [-0.1, -0.05) is 17.7 Å². The van der Waals surface area contributed by atoms with Crippen LogP contribution in [0.1, 0.15) is 16.8 Å². The summed E-state index contributed by atoms with van der Waals surface area (Å²) in [6.07, 6.45) is 1.25. The van der Waals surface area contributed by atoms with Gasteiger partial charge in [-0.15, -0.1) is 0 Å². The van der Waals surface area contributed by atoms with Gasteiger partial charge in [0, 0.05) is 30.5 Å². The highest BCUT2D eigenvalue weighted by molar-refractivity contribution is 6.34. The molecule has 2 N–H and O–H groups in total. The maximum absolute atomic E-state index is 12.8. The SMILES string of the molecule is Cc1nc2c(C#N)c[nH]n2c(=O)c1CC(=O)Nc1cccc(Cl)c1N1CCOCC1. The van der Waals surface area contributed by atoms with Crippen molar-refractivity contribution in [3.63, 3.8) is 0 Å². The van der Waals surface area contributed by atoms with Crippen molar-refractivity contribution in [2.24, 2.45) is 0 Å². The van der Waals surface area contributed by atoms with Crippen molar-refractivity contribution >= 4 is 34.5 Å². The van der Waals surface area contributed by atoms with E-state index in [2.05, 4.69) is 20.3 Å². The molecule has 3 aromatic rings. The molecule has 1 aliphatic rings. The average Bonchev–Trinajstić information content (AvgIpc) is 3.15. The zero-order valence-corrected chi connectivity index (χ0v) is 17.0. The molecule has 0 saturated carbocycles. The third kappa shape index (κ3) is 3.63. The number of hydrogen-bond donors (Lipinski definition) is 2. The first-order valence-electron chi connectivity index (χ1n) is 9.40. The number of anilines is 2. The van der Waals surface area contributed by atoms with Gasteiger partial charge in [-0.05, 0) is 19.1 Å². The number of carbonyl (C=O) groups excluding carboxylic acids is 1. The van der Waals surface area contributed by atoms with Crippen molar-refractivity contribution in [1.82, 2.24) is 14.6 Å². The second-order valence-corrected chi connectivity index (χ2v) is 7.31. The monoisotopic (exact) mass is 426 g/mol. The normalized spacial score (nSPS) is 14.0. The third-order valence-corrected chi connectivity index (χ3v) is 5.31. The number of amides is 1. The van der Waals surface area contributed by atoms with Crippen LogP contribution >= 0.6 is 11.6 Å². The van der Waals surface area contributed by atoms with Gasteiger partial charge in [0.15, 0.2) is 5.65 Å². The fourth-order valence-electron chi connectivity index (χ4n) is 3.52. The molecule has 0 radical (unpaired) electrons. The number of aryl methyl sites for hydroxylation is 1. The maximum Gasteiger partial charge on any atom is 0.276 e. The molecular weight excluding hydrogens is 408 g/mol. The fourth-order valence-corrected chi connectivity index (χ4v) is 3.82. The van der Waals surface area contributed by atoms with Crippen LogP contribution in [0, 0.1) is 18.3 Å². The van der Waals surface area contributed by atoms with Crippen LogP contribution in [0.4, 0.5) is 11.4 Å². The van der Waals surface area contributed by atoms with Crippen LogP contribution in [-0.4, -0.2) is 46.8 Å². The van der Waals surface area contributed by atoms with Crippen LogP contribution in [0.5, 0.6) is 0 Å². The van der Waals surface area contributed by atoms with E-state index >= 15 is 0 Å². The van der Waals surface area contributed by atoms with Crippen LogP contribution in [0.15, 0.2) is 29.2 Å². The molecule has 0 bridgehead atoms. The molecule has 0 aliphatic carbocycles. The molecule has 1 aliphatic heterocycles. The summed E-state index contributed by atoms with van der Waals surface area (Å²) in [4.78, 5) is 32.0. The first-order valence-corrected chi connectivity index (χ1v) is 9.78. The first kappa shape index (κ1) is 19.9. The lowest BCUT2D eigenvalue weighted by Crippen LogP contribution is -2.37. The fraction of sp³-hybridized carbons (Fsp3) is 0.300. The molecule has 154 valence electrons. The maximum atomic E-state index is 12.8. The minimum absolute atomic E-state index is 0.156. The zero-order valence-electron chi connectivity index (χ0n) is 16.2. The standard InChI is InChI=1S/C20H19ClN6O3/c1-12-14(20(29)27-19(24-12)13(10-22)11-23-27)9-17(28)25-16-4-2-3-15(21)18(16)26-5-7-30-8-6-26/h2-4,11,23H,5-9H2,1H3,(H,25,28). The van der Waals surface area contributed by atoms with Gasteiger partial charge in [-0.2, -0.15) is 5.26 Å². The summed E-state index contributed by atoms with van der Waals surface area (Å²) in [5.74, 6) is -0.360. The van der Waals surface area contributed by atoms with E-state index in [-0.39, 0.29) is 29.1 Å². The first-order chi connectivity index (χ1) is 14.5. The van der Waals surface area contributed by atoms with Gasteiger partial charge in [0.2, 0.25) is 5.91 Å². The smallest absolute Gasteiger partial charge is 0.276 e. The summed E-state index contributed by atoms with van der Waals surface area (Å²) >= 11 is 6.41. The van der Waals surface area contributed by atoms with E-state index in [0.29, 0.717) is 42.7 Å². The summed E-state index contributed by atoms with van der Waals surface area (Å²) in [6, 6.07) is 7.29. The number of fused-ring (bicyclic) bond motifs is 1. The highest BCUT2D eigenvalue weighted by Gasteiger charge is 2.21. The van der Waals surface area contributed by atoms with E-state index in [1.54, 1.807) is 25.1 Å². The topological polar surface area (TPSA) is 116 Å². The number of benzene rings is 1. The van der Waals surface area contributed by atoms with E-state index in [4.69, 9.17) is 21.6 Å². The second-order valence-electron chi connectivity index (χ2n) is 6.90. The minimum atomic E-state index is -0.409. The summed E-state index contributed by atoms with van der Waals surface area (Å²) in [7, 11) is 0. The van der Waals surface area contributed by atoms with Crippen molar-refractivity contribution in [2.75, 3.05) is 36.5 Å². The number of aromatic amines is 1. The number of carbonyl (C=O) groups is 1. The largest absolute Gasteiger partial charge is 0.378 e. The van der Waals surface area contributed by atoms with Crippen molar-refractivity contribution < 1.29 is 9.53 Å². The van der Waals surface area contributed by atoms with Crippen LogP contribution < -0.4 is 15.8 Å². The predicted molar refractivity (Wildman–Crippen MR) is 112 cm³/mol. The molecule has 30 heavy (non-hydrogen) atoms. The Bertz CT molecular complexity index is 1220. The second kappa shape index (κ2) is 8.18. The molecule has 0 spiro atoms. The van der Waals surface area contributed by atoms with Crippen LogP contribution in [0.3, 0.4) is 0 Å². The van der Waals surface area contributed by atoms with Gasteiger partial charge in [-0.25, -0.2) is 9.50 Å². The number of nitrogens with zero attached hydrogens (tertiary/aromatic N) is 4. The quantitative estimate of drug-likeness (QED) is 0.658. The van der Waals surface area contributed by atoms with Gasteiger partial charge in [0.25, 0.3) is 5.56 Å². The number of nitrogens with one attached hydrogen (secondary N) is 2. The lowest BCUT2D eigenvalue weighted by Gasteiger charge is -2.31. The molecule has 4 rings (SSSR count). The predicted octanol–water partition coefficient (Wildman–Crippen LogP) is 1.87. The van der Waals surface area contributed by atoms with Crippen molar-refractivity contribution in [3.05, 3.63) is 56.6 Å². The molecule has 1 saturated heterocycles. The number of halogens is 1. The lowest BCUT2D eigenvalue weighted by molar-refractivity contribution is -0.115. The highest BCUT2D eigenvalue weighted by Crippen LogP contribution is 2.34. The number of ether oxygens (including phenoxy) is 1. The van der Waals surface area contributed by atoms with E-state index in [9.17, 15) is 9.59 Å². The Labute approximate surface area is 176 Å². The number of aromatic nitrogens is 3. The van der Waals surface area contributed by atoms with E-state index < -0.39 is 5.56 Å². The number of rotatable bonds is 4. The molecule has 2 aromatic heterocycles. The lowest BCUT2D eigenvalue weighted by atomic mass is 10.1. The molecule has 9 nitrogen and oxygen atoms in total. The average molecular weight is 427 g/mol. The molecule has 1 amide bonds. The Kier molecular flexibility index (Phi) is 5.44. The number of morpholine rings is 1. The van der Waals surface area contributed by atoms with Crippen LogP contribution in [-0.2, 0) is 16.0 Å². The highest BCUT2D eigenvalue weighted by atomic mass is 35.5. The van der Waals surface area contributed by atoms with Gasteiger partial charge in [0.1, 0.15) is 11.6 Å². The molecule has 3 heterocycles. The van der Waals surface area contributed by atoms with Crippen molar-refractivity contribution in [2.45, 2.75) is 13.3 Å². The van der Waals surface area contributed by atoms with Gasteiger partial charge in [0.05, 0.1) is 36.0 Å². The van der Waals surface area contributed by atoms with Gasteiger partial charge >= 0.3 is 0 Å². The van der Waals surface area contributed by atoms with Gasteiger partial charge < -0.3 is 15.0 Å². The summed E-state index contributed by atoms with van der Waals surface area (Å²) in [5, 5.41) is 15.2. The Hall–Kier alpha value is -3.35. The Balaban J connectivity index is 1.61. The molecular formula is C20H19ClN6O3. The van der Waals surface area contributed by atoms with Crippen molar-refractivity contribution in [1.29, 1.82) is 5.26 Å². The Morgan fingerprint density at radius 1 is 1.40 bits per heavy atom. The number of para-hydroxylation sites is 1. The molecule has 0 unspecified atom stereocenters. The summed E-state index contributed by atoms with van der Waals surface area (Å²) in [6.45, 7) is 4.16. The Morgan fingerprint density at radius 2 is 2.17 bits per heavy atom. The van der Waals surface area contributed by atoms with E-state index in [1.165, 1.54) is 10.7 Å². The third-order valence-electron chi connectivity index (χ3n) is 5.01. The van der Waals surface area contributed by atoms with E-state index in [0.717, 1.165) is 5.69 Å². The van der Waals surface area contributed by atoms with Crippen molar-refractivity contribution in [3.8, 4) is 6.07 Å². The van der Waals surface area contributed by atoms with Gasteiger partial charge in [-0.3, -0.25) is 14.7 Å². The molecule has 10 heteroatoms. The number of hydrogen-bond acceptors (Lipinski definition) is 6.